The maximum atomic E-state index is 11.0. The van der Waals surface area contributed by atoms with E-state index in [9.17, 15) is 4.79 Å². The van der Waals surface area contributed by atoms with E-state index in [4.69, 9.17) is 10.8 Å². The predicted molar refractivity (Wildman–Crippen MR) is 65.5 cm³/mol. The fourth-order valence-electron chi connectivity index (χ4n) is 1.52. The molecule has 0 aliphatic rings. The largest absolute Gasteiger partial charge is 0.480 e. The second-order valence-electron chi connectivity index (χ2n) is 4.02. The number of carboxylic acid groups (broad SMARTS) is 1. The fourth-order valence-corrected chi connectivity index (χ4v) is 1.52. The second kappa shape index (κ2) is 8.98. The van der Waals surface area contributed by atoms with Crippen molar-refractivity contribution in [3.63, 3.8) is 0 Å². The Morgan fingerprint density at radius 2 is 1.60 bits per heavy atom. The van der Waals surface area contributed by atoms with Crippen LogP contribution in [0.15, 0.2) is 0 Å². The van der Waals surface area contributed by atoms with E-state index in [-0.39, 0.29) is 12.4 Å². The van der Waals surface area contributed by atoms with Crippen LogP contribution in [0.5, 0.6) is 0 Å². The highest BCUT2D eigenvalue weighted by Crippen LogP contribution is 2.19. The van der Waals surface area contributed by atoms with Crippen molar-refractivity contribution in [2.45, 2.75) is 64.3 Å². The molecule has 0 aromatic carbocycles. The van der Waals surface area contributed by atoms with Gasteiger partial charge in [0.15, 0.2) is 0 Å². The van der Waals surface area contributed by atoms with E-state index >= 15 is 0 Å². The number of carbonyl (C=O) groups is 1. The number of unbranched alkanes of at least 4 members (excludes halogenated alkanes) is 3. The van der Waals surface area contributed by atoms with Gasteiger partial charge in [-0.05, 0) is 12.8 Å². The van der Waals surface area contributed by atoms with Crippen molar-refractivity contribution in [2.75, 3.05) is 0 Å². The Kier molecular flexibility index (Phi) is 10.3. The normalized spacial score (nSPS) is 14.1. The molecule has 0 aromatic rings. The van der Waals surface area contributed by atoms with Gasteiger partial charge in [0.25, 0.3) is 0 Å². The minimum Gasteiger partial charge on any atom is -0.480 e. The summed E-state index contributed by atoms with van der Waals surface area (Å²) in [5.74, 6) is -0.845. The molecule has 0 heterocycles. The minimum atomic E-state index is -0.981. The minimum absolute atomic E-state index is 0. The van der Waals surface area contributed by atoms with Crippen molar-refractivity contribution >= 4 is 18.4 Å². The molecule has 92 valence electrons. The highest BCUT2D eigenvalue weighted by atomic mass is 35.5. The summed E-state index contributed by atoms with van der Waals surface area (Å²) in [6.45, 7) is 4.15. The van der Waals surface area contributed by atoms with E-state index in [0.29, 0.717) is 12.8 Å². The third-order valence-electron chi connectivity index (χ3n) is 2.63. The fraction of sp³-hybridized carbons (Fsp3) is 0.909. The first-order chi connectivity index (χ1) is 6.56. The lowest BCUT2D eigenvalue weighted by Gasteiger charge is -2.24. The Morgan fingerprint density at radius 3 is 2.00 bits per heavy atom. The number of aliphatic carboxylic acids is 1. The maximum absolute atomic E-state index is 11.0. The van der Waals surface area contributed by atoms with Crippen LogP contribution in [0.3, 0.4) is 0 Å². The molecule has 0 saturated heterocycles. The number of hydrogen-bond acceptors (Lipinski definition) is 2. The van der Waals surface area contributed by atoms with Crippen LogP contribution in [0.1, 0.15) is 58.8 Å². The molecular weight excluding hydrogens is 214 g/mol. The van der Waals surface area contributed by atoms with Crippen molar-refractivity contribution in [2.24, 2.45) is 5.73 Å². The van der Waals surface area contributed by atoms with Gasteiger partial charge in [-0.25, -0.2) is 0 Å². The molecule has 4 heteroatoms. The van der Waals surface area contributed by atoms with Gasteiger partial charge in [-0.2, -0.15) is 0 Å². The van der Waals surface area contributed by atoms with Crippen molar-refractivity contribution in [3.8, 4) is 0 Å². The van der Waals surface area contributed by atoms with Gasteiger partial charge in [0.05, 0.1) is 0 Å². The highest BCUT2D eigenvalue weighted by molar-refractivity contribution is 5.85. The summed E-state index contributed by atoms with van der Waals surface area (Å²) in [5, 5.41) is 9.03. The molecule has 0 rings (SSSR count). The zero-order valence-electron chi connectivity index (χ0n) is 9.79. The van der Waals surface area contributed by atoms with Gasteiger partial charge in [0.2, 0.25) is 0 Å². The summed E-state index contributed by atoms with van der Waals surface area (Å²) in [6, 6.07) is 0. The van der Waals surface area contributed by atoms with Crippen LogP contribution in [0.4, 0.5) is 0 Å². The van der Waals surface area contributed by atoms with Gasteiger partial charge < -0.3 is 10.8 Å². The molecule has 0 fully saturated rings. The van der Waals surface area contributed by atoms with E-state index < -0.39 is 11.5 Å². The van der Waals surface area contributed by atoms with Gasteiger partial charge in [-0.3, -0.25) is 4.79 Å². The third kappa shape index (κ3) is 6.74. The molecule has 0 unspecified atom stereocenters. The SMILES string of the molecule is CCCCC[C@](N)(CCCC)C(=O)O.Cl. The summed E-state index contributed by atoms with van der Waals surface area (Å²) in [6.07, 6.45) is 6.19. The first-order valence-corrected chi connectivity index (χ1v) is 5.59. The molecule has 3 nitrogen and oxygen atoms in total. The van der Waals surface area contributed by atoms with E-state index in [1.807, 2.05) is 6.92 Å². The molecule has 0 aliphatic heterocycles. The first kappa shape index (κ1) is 17.1. The Labute approximate surface area is 98.8 Å². The van der Waals surface area contributed by atoms with Crippen LogP contribution in [0, 0.1) is 0 Å². The Morgan fingerprint density at radius 1 is 1.13 bits per heavy atom. The lowest BCUT2D eigenvalue weighted by Crippen LogP contribution is -2.47. The standard InChI is InChI=1S/C11H23NO2.ClH/c1-3-5-7-9-11(12,10(13)14)8-6-4-2;/h3-9,12H2,1-2H3,(H,13,14);1H/t11-;/m1./s1. The molecule has 0 aromatic heterocycles. The summed E-state index contributed by atoms with van der Waals surface area (Å²) < 4.78 is 0. The van der Waals surface area contributed by atoms with Gasteiger partial charge in [0, 0.05) is 0 Å². The molecule has 0 spiro atoms. The van der Waals surface area contributed by atoms with Crippen LogP contribution in [-0.4, -0.2) is 16.6 Å². The number of hydrogen-bond donors (Lipinski definition) is 2. The van der Waals surface area contributed by atoms with Gasteiger partial charge in [0.1, 0.15) is 5.54 Å². The molecule has 0 saturated carbocycles. The topological polar surface area (TPSA) is 63.3 Å². The number of nitrogens with two attached hydrogens (primary N) is 1. The van der Waals surface area contributed by atoms with Gasteiger partial charge >= 0.3 is 5.97 Å². The lowest BCUT2D eigenvalue weighted by atomic mass is 9.88. The summed E-state index contributed by atoms with van der Waals surface area (Å²) in [4.78, 5) is 11.0. The van der Waals surface area contributed by atoms with E-state index in [2.05, 4.69) is 6.92 Å². The first-order valence-electron chi connectivity index (χ1n) is 5.59. The van der Waals surface area contributed by atoms with Crippen molar-refractivity contribution < 1.29 is 9.90 Å². The summed E-state index contributed by atoms with van der Waals surface area (Å²) in [7, 11) is 0. The smallest absolute Gasteiger partial charge is 0.323 e. The molecule has 0 bridgehead atoms. The van der Waals surface area contributed by atoms with Crippen LogP contribution in [0.2, 0.25) is 0 Å². The molecule has 0 radical (unpaired) electrons. The monoisotopic (exact) mass is 237 g/mol. The van der Waals surface area contributed by atoms with Gasteiger partial charge in [-0.1, -0.05) is 46.0 Å². The lowest BCUT2D eigenvalue weighted by molar-refractivity contribution is -0.144. The molecule has 3 N–H and O–H groups in total. The average Bonchev–Trinajstić information content (AvgIpc) is 2.15. The molecule has 0 amide bonds. The predicted octanol–water partition coefficient (Wildman–Crippen LogP) is 2.96. The summed E-state index contributed by atoms with van der Waals surface area (Å²) >= 11 is 0. The second-order valence-corrected chi connectivity index (χ2v) is 4.02. The number of halogens is 1. The third-order valence-corrected chi connectivity index (χ3v) is 2.63. The Hall–Kier alpha value is -0.280. The van der Waals surface area contributed by atoms with Crippen molar-refractivity contribution in [3.05, 3.63) is 0 Å². The highest BCUT2D eigenvalue weighted by Gasteiger charge is 2.32. The van der Waals surface area contributed by atoms with Crippen LogP contribution >= 0.6 is 12.4 Å². The summed E-state index contributed by atoms with van der Waals surface area (Å²) in [5.41, 5.74) is 4.89. The zero-order chi connectivity index (χ0) is 11.0. The Balaban J connectivity index is 0. The quantitative estimate of drug-likeness (QED) is 0.638. The number of carboxylic acids is 1. The average molecular weight is 238 g/mol. The molecule has 15 heavy (non-hydrogen) atoms. The zero-order valence-corrected chi connectivity index (χ0v) is 10.6. The number of rotatable bonds is 8. The van der Waals surface area contributed by atoms with Crippen LogP contribution in [-0.2, 0) is 4.79 Å². The maximum Gasteiger partial charge on any atom is 0.323 e. The van der Waals surface area contributed by atoms with Gasteiger partial charge in [-0.15, -0.1) is 12.4 Å². The van der Waals surface area contributed by atoms with E-state index in [1.165, 1.54) is 0 Å². The molecule has 0 aliphatic carbocycles. The van der Waals surface area contributed by atoms with E-state index in [0.717, 1.165) is 32.1 Å². The van der Waals surface area contributed by atoms with Crippen molar-refractivity contribution in [1.82, 2.24) is 0 Å². The molecular formula is C11H24ClNO2. The van der Waals surface area contributed by atoms with Crippen LogP contribution < -0.4 is 5.73 Å². The van der Waals surface area contributed by atoms with Crippen LogP contribution in [0.25, 0.3) is 0 Å². The Bertz CT molecular complexity index is 176. The van der Waals surface area contributed by atoms with E-state index in [1.54, 1.807) is 0 Å². The molecule has 1 atom stereocenters. The van der Waals surface area contributed by atoms with Crippen molar-refractivity contribution in [1.29, 1.82) is 0 Å².